The van der Waals surface area contributed by atoms with Crippen LogP contribution < -0.4 is 0 Å². The predicted octanol–water partition coefficient (Wildman–Crippen LogP) is 1.51. The fourth-order valence-corrected chi connectivity index (χ4v) is 1.30. The lowest BCUT2D eigenvalue weighted by molar-refractivity contribution is 0.0278. The Labute approximate surface area is 54.9 Å². The Morgan fingerprint density at radius 3 is 2.56 bits per heavy atom. The number of rotatable bonds is 0. The zero-order chi connectivity index (χ0) is 6.85. The molecular formula is C7H13FO. The highest BCUT2D eigenvalue weighted by atomic mass is 19.1. The van der Waals surface area contributed by atoms with E-state index in [0.717, 1.165) is 6.42 Å². The number of aliphatic hydroxyl groups is 1. The van der Waals surface area contributed by atoms with E-state index in [4.69, 9.17) is 5.11 Å². The van der Waals surface area contributed by atoms with Crippen molar-refractivity contribution >= 4 is 0 Å². The summed E-state index contributed by atoms with van der Waals surface area (Å²) in [6.07, 6.45) is 0.514. The smallest absolute Gasteiger partial charge is 0.126 e. The standard InChI is InChI=1S/C7H13FO/c1-5-2-3-7(9)6(8)4-5/h5-7,9H,2-4H2,1H3/t5-,6-,7-/m1/s1. The topological polar surface area (TPSA) is 20.2 Å². The van der Waals surface area contributed by atoms with Crippen LogP contribution in [0.5, 0.6) is 0 Å². The van der Waals surface area contributed by atoms with Gasteiger partial charge in [0.2, 0.25) is 0 Å². The molecule has 0 bridgehead atoms. The maximum absolute atomic E-state index is 12.6. The first kappa shape index (κ1) is 7.00. The lowest BCUT2D eigenvalue weighted by Gasteiger charge is -2.25. The van der Waals surface area contributed by atoms with Crippen LogP contribution in [-0.2, 0) is 0 Å². The molecule has 1 nitrogen and oxygen atoms in total. The van der Waals surface area contributed by atoms with Crippen molar-refractivity contribution in [2.45, 2.75) is 38.5 Å². The maximum Gasteiger partial charge on any atom is 0.126 e. The molecule has 0 heterocycles. The van der Waals surface area contributed by atoms with E-state index in [9.17, 15) is 4.39 Å². The van der Waals surface area contributed by atoms with Crippen molar-refractivity contribution in [3.63, 3.8) is 0 Å². The summed E-state index contributed by atoms with van der Waals surface area (Å²) in [5.41, 5.74) is 0. The van der Waals surface area contributed by atoms with E-state index < -0.39 is 12.3 Å². The summed E-state index contributed by atoms with van der Waals surface area (Å²) in [6, 6.07) is 0. The third-order valence-electron chi connectivity index (χ3n) is 2.00. The van der Waals surface area contributed by atoms with Crippen molar-refractivity contribution in [1.82, 2.24) is 0 Å². The quantitative estimate of drug-likeness (QED) is 0.529. The molecule has 0 aromatic heterocycles. The second kappa shape index (κ2) is 2.65. The van der Waals surface area contributed by atoms with Crippen LogP contribution in [0.1, 0.15) is 26.2 Å². The minimum absolute atomic E-state index is 0.461. The van der Waals surface area contributed by atoms with Crippen LogP contribution in [0, 0.1) is 5.92 Å². The number of aliphatic hydroxyl groups excluding tert-OH is 1. The number of hydrogen-bond acceptors (Lipinski definition) is 1. The molecule has 0 aromatic rings. The van der Waals surface area contributed by atoms with E-state index >= 15 is 0 Å². The van der Waals surface area contributed by atoms with Crippen molar-refractivity contribution in [3.05, 3.63) is 0 Å². The molecule has 1 N–H and O–H groups in total. The Morgan fingerprint density at radius 2 is 2.11 bits per heavy atom. The minimum atomic E-state index is -0.964. The minimum Gasteiger partial charge on any atom is -0.390 e. The molecule has 0 aliphatic heterocycles. The van der Waals surface area contributed by atoms with Crippen LogP contribution >= 0.6 is 0 Å². The molecule has 0 saturated heterocycles. The van der Waals surface area contributed by atoms with Crippen molar-refractivity contribution in [3.8, 4) is 0 Å². The summed E-state index contributed by atoms with van der Waals surface area (Å²) in [5.74, 6) is 0.461. The van der Waals surface area contributed by atoms with Crippen molar-refractivity contribution in [1.29, 1.82) is 0 Å². The Morgan fingerprint density at radius 1 is 1.44 bits per heavy atom. The Hall–Kier alpha value is -0.110. The van der Waals surface area contributed by atoms with E-state index in [2.05, 4.69) is 0 Å². The highest BCUT2D eigenvalue weighted by Crippen LogP contribution is 2.25. The van der Waals surface area contributed by atoms with Crippen LogP contribution in [-0.4, -0.2) is 17.4 Å². The highest BCUT2D eigenvalue weighted by Gasteiger charge is 2.26. The van der Waals surface area contributed by atoms with E-state index in [1.165, 1.54) is 0 Å². The monoisotopic (exact) mass is 132 g/mol. The lowest BCUT2D eigenvalue weighted by Crippen LogP contribution is -2.29. The third kappa shape index (κ3) is 1.65. The molecule has 1 rings (SSSR count). The highest BCUT2D eigenvalue weighted by molar-refractivity contribution is 4.76. The van der Waals surface area contributed by atoms with Gasteiger partial charge in [-0.25, -0.2) is 4.39 Å². The van der Waals surface area contributed by atoms with Crippen molar-refractivity contribution in [2.24, 2.45) is 5.92 Å². The molecule has 1 aliphatic carbocycles. The van der Waals surface area contributed by atoms with Gasteiger partial charge < -0.3 is 5.11 Å². The van der Waals surface area contributed by atoms with Gasteiger partial charge in [-0.05, 0) is 25.2 Å². The molecule has 1 saturated carbocycles. The van der Waals surface area contributed by atoms with Crippen molar-refractivity contribution < 1.29 is 9.50 Å². The predicted molar refractivity (Wildman–Crippen MR) is 33.9 cm³/mol. The van der Waals surface area contributed by atoms with Gasteiger partial charge in [0, 0.05) is 0 Å². The fourth-order valence-electron chi connectivity index (χ4n) is 1.30. The van der Waals surface area contributed by atoms with E-state index in [0.29, 0.717) is 18.8 Å². The summed E-state index contributed by atoms with van der Waals surface area (Å²) in [7, 11) is 0. The lowest BCUT2D eigenvalue weighted by atomic mass is 9.88. The largest absolute Gasteiger partial charge is 0.390 e. The second-order valence-electron chi connectivity index (χ2n) is 3.00. The average Bonchev–Trinajstić information content (AvgIpc) is 1.80. The van der Waals surface area contributed by atoms with Gasteiger partial charge in [-0.2, -0.15) is 0 Å². The van der Waals surface area contributed by atoms with Gasteiger partial charge in [0.15, 0.2) is 0 Å². The molecule has 0 radical (unpaired) electrons. The molecule has 0 unspecified atom stereocenters. The summed E-state index contributed by atoms with van der Waals surface area (Å²) in [5, 5.41) is 8.92. The molecule has 1 fully saturated rings. The molecule has 2 heteroatoms. The summed E-state index contributed by atoms with van der Waals surface area (Å²) >= 11 is 0. The molecule has 3 atom stereocenters. The van der Waals surface area contributed by atoms with Crippen LogP contribution in [0.2, 0.25) is 0 Å². The van der Waals surface area contributed by atoms with Crippen LogP contribution in [0.25, 0.3) is 0 Å². The normalized spacial score (nSPS) is 45.0. The van der Waals surface area contributed by atoms with Crippen LogP contribution in [0.15, 0.2) is 0 Å². The molecule has 1 aliphatic rings. The zero-order valence-electron chi connectivity index (χ0n) is 5.68. The zero-order valence-corrected chi connectivity index (χ0v) is 5.68. The first-order valence-electron chi connectivity index (χ1n) is 3.52. The Bertz CT molecular complexity index is 94.9. The molecule has 9 heavy (non-hydrogen) atoms. The summed E-state index contributed by atoms with van der Waals surface area (Å²) < 4.78 is 12.6. The van der Waals surface area contributed by atoms with Crippen LogP contribution in [0.3, 0.4) is 0 Å². The van der Waals surface area contributed by atoms with Gasteiger partial charge in [-0.3, -0.25) is 0 Å². The Balaban J connectivity index is 2.35. The first-order valence-corrected chi connectivity index (χ1v) is 3.52. The molecule has 0 amide bonds. The van der Waals surface area contributed by atoms with E-state index in [-0.39, 0.29) is 0 Å². The number of alkyl halides is 1. The summed E-state index contributed by atoms with van der Waals surface area (Å²) in [6.45, 7) is 2.03. The second-order valence-corrected chi connectivity index (χ2v) is 3.00. The third-order valence-corrected chi connectivity index (χ3v) is 2.00. The molecular weight excluding hydrogens is 119 g/mol. The van der Waals surface area contributed by atoms with Gasteiger partial charge >= 0.3 is 0 Å². The van der Waals surface area contributed by atoms with E-state index in [1.807, 2.05) is 6.92 Å². The summed E-state index contributed by atoms with van der Waals surface area (Å²) in [4.78, 5) is 0. The maximum atomic E-state index is 12.6. The number of hydrogen-bond donors (Lipinski definition) is 1. The van der Waals surface area contributed by atoms with Gasteiger partial charge in [0.05, 0.1) is 6.10 Å². The first-order chi connectivity index (χ1) is 4.20. The molecule has 54 valence electrons. The average molecular weight is 132 g/mol. The van der Waals surface area contributed by atoms with E-state index in [1.54, 1.807) is 0 Å². The Kier molecular flexibility index (Phi) is 2.06. The molecule has 0 spiro atoms. The fraction of sp³-hybridized carbons (Fsp3) is 1.00. The molecule has 0 aromatic carbocycles. The van der Waals surface area contributed by atoms with Gasteiger partial charge in [-0.1, -0.05) is 6.92 Å². The van der Waals surface area contributed by atoms with Gasteiger partial charge in [0.1, 0.15) is 6.17 Å². The van der Waals surface area contributed by atoms with Crippen LogP contribution in [0.4, 0.5) is 4.39 Å². The van der Waals surface area contributed by atoms with Gasteiger partial charge in [-0.15, -0.1) is 0 Å². The SMILES string of the molecule is C[C@@H]1CC[C@@H](O)[C@H](F)C1. The van der Waals surface area contributed by atoms with Crippen molar-refractivity contribution in [2.75, 3.05) is 0 Å². The van der Waals surface area contributed by atoms with Gasteiger partial charge in [0.25, 0.3) is 0 Å². The number of halogens is 1.